The first-order chi connectivity index (χ1) is 1.00. The van der Waals surface area contributed by atoms with Crippen molar-refractivity contribution in [3.05, 3.63) is 13.2 Å². The third-order valence-corrected chi connectivity index (χ3v) is 0. The van der Waals surface area contributed by atoms with Gasteiger partial charge in [-0.2, -0.15) is 0 Å². The average Bonchev–Trinajstić information content (AvgIpc) is 1.00. The fraction of sp³-hybridized carbons (Fsp3) is 0. The molecule has 0 amide bonds. The van der Waals surface area contributed by atoms with E-state index in [0.717, 1.165) is 0 Å². The number of hydrogen-bond donors (Lipinski definition) is 2. The van der Waals surface area contributed by atoms with Crippen molar-refractivity contribution < 1.29 is 17.1 Å². The van der Waals surface area contributed by atoms with Crippen LogP contribution in [0.1, 0.15) is 0 Å². The molecule has 0 fully saturated rings. The molecule has 0 aliphatic rings. The van der Waals surface area contributed by atoms with Crippen molar-refractivity contribution in [1.82, 2.24) is 12.3 Å². The van der Waals surface area contributed by atoms with Crippen LogP contribution >= 0.6 is 0 Å². The Hall–Kier alpha value is 1.18. The van der Waals surface area contributed by atoms with Crippen LogP contribution in [-0.4, -0.2) is 29.6 Å². The molecule has 0 heterocycles. The molecule has 0 aromatic carbocycles. The number of rotatable bonds is 0. The summed E-state index contributed by atoms with van der Waals surface area (Å²) in [5, 5.41) is 0. The Bertz CT molecular complexity index is 11.5. The van der Waals surface area contributed by atoms with Crippen LogP contribution < -0.4 is 12.3 Å². The van der Waals surface area contributed by atoms with E-state index in [4.69, 9.17) is 0 Å². The molecule has 0 aliphatic carbocycles. The molecular formula is C2H11FeN2Na. The van der Waals surface area contributed by atoms with E-state index in [2.05, 4.69) is 13.2 Å². The first kappa shape index (κ1) is 57.7. The van der Waals surface area contributed by atoms with Crippen molar-refractivity contribution in [3.8, 4) is 0 Å². The molecule has 0 radical (unpaired) electrons. The molecule has 0 atom stereocenters. The molecule has 0 bridgehead atoms. The van der Waals surface area contributed by atoms with E-state index >= 15 is 0 Å². The molecule has 0 aromatic rings. The second-order valence-electron chi connectivity index (χ2n) is 0. The monoisotopic (exact) mass is 142 g/mol. The standard InChI is InChI=1S/C2H4.Fe.2H3N.Na.H/c1-2;;;;;/h1-2H2;;2*1H3;;. The zero-order chi connectivity index (χ0) is 2.00. The maximum atomic E-state index is 3.00. The molecular weight excluding hydrogens is 131 g/mol. The molecule has 6 N–H and O–H groups in total. The van der Waals surface area contributed by atoms with Crippen LogP contribution in [0.5, 0.6) is 0 Å². The van der Waals surface area contributed by atoms with Crippen LogP contribution in [0, 0.1) is 0 Å². The van der Waals surface area contributed by atoms with Gasteiger partial charge in [0.25, 0.3) is 0 Å². The molecule has 0 aliphatic heterocycles. The zero-order valence-corrected chi connectivity index (χ0v) is 4.29. The van der Waals surface area contributed by atoms with Gasteiger partial charge in [0.05, 0.1) is 0 Å². The Labute approximate surface area is 71.7 Å². The molecule has 0 saturated heterocycles. The Kier molecular flexibility index (Phi) is 1150. The third kappa shape index (κ3) is 65.0. The molecule has 6 heavy (non-hydrogen) atoms. The van der Waals surface area contributed by atoms with Crippen LogP contribution in [0.4, 0.5) is 0 Å². The summed E-state index contributed by atoms with van der Waals surface area (Å²) in [6, 6.07) is 0. The third-order valence-electron chi connectivity index (χ3n) is 0. The van der Waals surface area contributed by atoms with Crippen molar-refractivity contribution in [2.75, 3.05) is 0 Å². The van der Waals surface area contributed by atoms with Gasteiger partial charge in [-0.05, 0) is 0 Å². The van der Waals surface area contributed by atoms with Gasteiger partial charge in [-0.15, -0.1) is 13.2 Å². The fourth-order valence-electron chi connectivity index (χ4n) is 0. The summed E-state index contributed by atoms with van der Waals surface area (Å²) < 4.78 is 0. The summed E-state index contributed by atoms with van der Waals surface area (Å²) in [6.07, 6.45) is 0. The predicted molar refractivity (Wildman–Crippen MR) is 28.4 cm³/mol. The van der Waals surface area contributed by atoms with E-state index < -0.39 is 0 Å². The fourth-order valence-corrected chi connectivity index (χ4v) is 0. The minimum atomic E-state index is 0. The van der Waals surface area contributed by atoms with E-state index in [1.54, 1.807) is 0 Å². The van der Waals surface area contributed by atoms with Crippen molar-refractivity contribution in [3.63, 3.8) is 0 Å². The van der Waals surface area contributed by atoms with E-state index in [0.29, 0.717) is 0 Å². The van der Waals surface area contributed by atoms with Crippen molar-refractivity contribution >= 4 is 29.6 Å². The van der Waals surface area contributed by atoms with Gasteiger partial charge < -0.3 is 12.3 Å². The zero-order valence-electron chi connectivity index (χ0n) is 3.18. The van der Waals surface area contributed by atoms with Crippen LogP contribution in [0.15, 0.2) is 13.2 Å². The van der Waals surface area contributed by atoms with Crippen molar-refractivity contribution in [2.24, 2.45) is 0 Å². The summed E-state index contributed by atoms with van der Waals surface area (Å²) in [6.45, 7) is 6.00. The molecule has 0 rings (SSSR count). The second kappa shape index (κ2) is 119. The molecule has 0 spiro atoms. The van der Waals surface area contributed by atoms with E-state index in [-0.39, 0.29) is 58.9 Å². The van der Waals surface area contributed by atoms with Crippen LogP contribution in [0.25, 0.3) is 0 Å². The van der Waals surface area contributed by atoms with E-state index in [1.165, 1.54) is 0 Å². The molecule has 4 heteroatoms. The van der Waals surface area contributed by atoms with Gasteiger partial charge in [0.1, 0.15) is 0 Å². The second-order valence-corrected chi connectivity index (χ2v) is 0. The van der Waals surface area contributed by atoms with Crippen LogP contribution in [0.3, 0.4) is 0 Å². The van der Waals surface area contributed by atoms with Crippen LogP contribution in [0.2, 0.25) is 0 Å². The molecule has 2 nitrogen and oxygen atoms in total. The SMILES string of the molecule is C=C.N.N.[Fe].[NaH]. The molecule has 0 aromatic heterocycles. The Morgan fingerprint density at radius 3 is 0.833 bits per heavy atom. The number of hydrogen-bond acceptors (Lipinski definition) is 2. The summed E-state index contributed by atoms with van der Waals surface area (Å²) in [7, 11) is 0. The quantitative estimate of drug-likeness (QED) is 0.381. The topological polar surface area (TPSA) is 70.0 Å². The first-order valence-corrected chi connectivity index (χ1v) is 0.500. The van der Waals surface area contributed by atoms with Gasteiger partial charge in [-0.3, -0.25) is 0 Å². The first-order valence-electron chi connectivity index (χ1n) is 0.500. The van der Waals surface area contributed by atoms with E-state index in [1.807, 2.05) is 0 Å². The average molecular weight is 142 g/mol. The summed E-state index contributed by atoms with van der Waals surface area (Å²) in [4.78, 5) is 0. The van der Waals surface area contributed by atoms with Crippen molar-refractivity contribution in [2.45, 2.75) is 0 Å². The van der Waals surface area contributed by atoms with Gasteiger partial charge in [-0.25, -0.2) is 0 Å². The molecule has 0 saturated carbocycles. The van der Waals surface area contributed by atoms with Gasteiger partial charge in [-0.1, -0.05) is 0 Å². The predicted octanol–water partition coefficient (Wildman–Crippen LogP) is 0.475. The van der Waals surface area contributed by atoms with Gasteiger partial charge in [0, 0.05) is 17.1 Å². The van der Waals surface area contributed by atoms with Crippen LogP contribution in [-0.2, 0) is 17.1 Å². The molecule has 0 unspecified atom stereocenters. The molecule has 38 valence electrons. The van der Waals surface area contributed by atoms with Gasteiger partial charge in [0.2, 0.25) is 0 Å². The Morgan fingerprint density at radius 2 is 0.833 bits per heavy atom. The van der Waals surface area contributed by atoms with Gasteiger partial charge in [0.15, 0.2) is 0 Å². The summed E-state index contributed by atoms with van der Waals surface area (Å²) >= 11 is 0. The maximum absolute atomic E-state index is 3.00. The normalized spacial score (nSPS) is 0.667. The van der Waals surface area contributed by atoms with Gasteiger partial charge >= 0.3 is 29.6 Å². The summed E-state index contributed by atoms with van der Waals surface area (Å²) in [5.74, 6) is 0. The Morgan fingerprint density at radius 1 is 0.833 bits per heavy atom. The minimum absolute atomic E-state index is 0. The van der Waals surface area contributed by atoms with E-state index in [9.17, 15) is 0 Å². The summed E-state index contributed by atoms with van der Waals surface area (Å²) in [5.41, 5.74) is 0. The Balaban J connectivity index is -0.000000000833. The van der Waals surface area contributed by atoms with Crippen molar-refractivity contribution in [1.29, 1.82) is 0 Å².